The number of hydrogen-bond donors (Lipinski definition) is 2. The lowest BCUT2D eigenvalue weighted by atomic mass is 9.92. The lowest BCUT2D eigenvalue weighted by Crippen LogP contribution is -2.50. The van der Waals surface area contributed by atoms with Gasteiger partial charge in [-0.15, -0.1) is 0 Å². The van der Waals surface area contributed by atoms with Gasteiger partial charge in [0, 0.05) is 24.2 Å². The molecule has 176 valence electrons. The number of urea groups is 1. The molecular weight excluding hydrogens is 436 g/mol. The van der Waals surface area contributed by atoms with Gasteiger partial charge in [0.15, 0.2) is 11.5 Å². The van der Waals surface area contributed by atoms with Crippen LogP contribution in [0.1, 0.15) is 16.7 Å². The Morgan fingerprint density at radius 1 is 1.00 bits per heavy atom. The first kappa shape index (κ1) is 23.0. The molecule has 1 aliphatic rings. The number of amides is 2. The van der Waals surface area contributed by atoms with Crippen molar-refractivity contribution in [2.75, 3.05) is 19.5 Å². The van der Waals surface area contributed by atoms with Crippen LogP contribution in [-0.2, 0) is 24.4 Å². The smallest absolute Gasteiger partial charge is 0.326 e. The van der Waals surface area contributed by atoms with E-state index >= 15 is 0 Å². The van der Waals surface area contributed by atoms with Crippen LogP contribution >= 0.6 is 0 Å². The van der Waals surface area contributed by atoms with E-state index in [1.807, 2.05) is 36.4 Å². The van der Waals surface area contributed by atoms with Gasteiger partial charge in [0.2, 0.25) is 0 Å². The second kappa shape index (κ2) is 10.2. The summed E-state index contributed by atoms with van der Waals surface area (Å²) in [5.74, 6) is 0.595. The number of rotatable bonds is 7. The van der Waals surface area contributed by atoms with E-state index in [1.165, 1.54) is 4.90 Å². The van der Waals surface area contributed by atoms with Crippen molar-refractivity contribution in [3.8, 4) is 17.2 Å². The second-order valence-corrected chi connectivity index (χ2v) is 7.85. The predicted octanol–water partition coefficient (Wildman–Crippen LogP) is 4.33. The summed E-state index contributed by atoms with van der Waals surface area (Å²) >= 11 is 0. The van der Waals surface area contributed by atoms with Gasteiger partial charge in [-0.1, -0.05) is 36.4 Å². The van der Waals surface area contributed by atoms with Crippen molar-refractivity contribution in [3.05, 3.63) is 83.4 Å². The Bertz CT molecular complexity index is 1160. The van der Waals surface area contributed by atoms with E-state index < -0.39 is 18.0 Å². The number of anilines is 1. The van der Waals surface area contributed by atoms with Crippen LogP contribution in [-0.4, -0.2) is 42.3 Å². The third kappa shape index (κ3) is 4.91. The molecular formula is C26H26N2O6. The van der Waals surface area contributed by atoms with Crippen molar-refractivity contribution < 1.29 is 28.9 Å². The fourth-order valence-corrected chi connectivity index (χ4v) is 3.97. The molecule has 4 rings (SSSR count). The number of hydrogen-bond acceptors (Lipinski definition) is 5. The summed E-state index contributed by atoms with van der Waals surface area (Å²) < 4.78 is 16.7. The van der Waals surface area contributed by atoms with Crippen molar-refractivity contribution in [1.82, 2.24) is 4.90 Å². The molecule has 0 aromatic heterocycles. The number of fused-ring (bicyclic) bond motifs is 1. The molecule has 0 radical (unpaired) electrons. The van der Waals surface area contributed by atoms with Crippen molar-refractivity contribution in [2.45, 2.75) is 25.6 Å². The van der Waals surface area contributed by atoms with E-state index in [9.17, 15) is 14.7 Å². The number of nitrogens with one attached hydrogen (secondary N) is 1. The van der Waals surface area contributed by atoms with Gasteiger partial charge in [-0.3, -0.25) is 0 Å². The molecule has 2 amide bonds. The number of ether oxygens (including phenoxy) is 3. The van der Waals surface area contributed by atoms with Gasteiger partial charge in [0.1, 0.15) is 18.4 Å². The molecule has 0 aliphatic carbocycles. The molecule has 0 unspecified atom stereocenters. The minimum absolute atomic E-state index is 0.0992. The monoisotopic (exact) mass is 462 g/mol. The van der Waals surface area contributed by atoms with Crippen LogP contribution in [0.2, 0.25) is 0 Å². The maximum atomic E-state index is 13.0. The van der Waals surface area contributed by atoms with Crippen LogP contribution < -0.4 is 19.5 Å². The van der Waals surface area contributed by atoms with Gasteiger partial charge < -0.3 is 29.5 Å². The van der Waals surface area contributed by atoms with Crippen molar-refractivity contribution in [1.29, 1.82) is 0 Å². The maximum absolute atomic E-state index is 13.0. The quantitative estimate of drug-likeness (QED) is 0.543. The van der Waals surface area contributed by atoms with E-state index in [2.05, 4.69) is 5.32 Å². The highest BCUT2D eigenvalue weighted by Gasteiger charge is 2.37. The molecule has 1 aliphatic heterocycles. The molecule has 34 heavy (non-hydrogen) atoms. The minimum atomic E-state index is -1.09. The molecule has 2 N–H and O–H groups in total. The van der Waals surface area contributed by atoms with Gasteiger partial charge in [0.05, 0.1) is 14.2 Å². The second-order valence-electron chi connectivity index (χ2n) is 7.85. The molecule has 0 bridgehead atoms. The molecule has 8 nitrogen and oxygen atoms in total. The zero-order chi connectivity index (χ0) is 24.1. The first-order valence-electron chi connectivity index (χ1n) is 10.8. The topological polar surface area (TPSA) is 97.3 Å². The first-order valence-corrected chi connectivity index (χ1v) is 10.8. The lowest BCUT2D eigenvalue weighted by molar-refractivity contribution is -0.142. The van der Waals surface area contributed by atoms with E-state index in [-0.39, 0.29) is 13.0 Å². The van der Waals surface area contributed by atoms with Crippen LogP contribution in [0, 0.1) is 0 Å². The summed E-state index contributed by atoms with van der Waals surface area (Å²) in [7, 11) is 3.10. The Kier molecular flexibility index (Phi) is 6.87. The molecule has 0 fully saturated rings. The molecule has 3 aromatic carbocycles. The van der Waals surface area contributed by atoms with Gasteiger partial charge in [-0.05, 0) is 41.5 Å². The summed E-state index contributed by atoms with van der Waals surface area (Å²) in [6, 6.07) is 18.6. The number of methoxy groups -OCH3 is 2. The van der Waals surface area contributed by atoms with E-state index in [1.54, 1.807) is 44.6 Å². The first-order chi connectivity index (χ1) is 16.5. The third-order valence-corrected chi connectivity index (χ3v) is 5.77. The van der Waals surface area contributed by atoms with Gasteiger partial charge in [0.25, 0.3) is 0 Å². The third-order valence-electron chi connectivity index (χ3n) is 5.77. The molecule has 0 saturated carbocycles. The SMILES string of the molecule is COc1ccc(NC(=O)N2Cc3ccc(OC)c(OCc4ccccc4)c3C[C@H]2C(=O)O)cc1. The Hall–Kier alpha value is -4.20. The van der Waals surface area contributed by atoms with Gasteiger partial charge in [-0.2, -0.15) is 0 Å². The molecule has 0 saturated heterocycles. The molecule has 1 atom stereocenters. The number of carbonyl (C=O) groups is 2. The average Bonchev–Trinajstić information content (AvgIpc) is 2.87. The fraction of sp³-hybridized carbons (Fsp3) is 0.231. The summed E-state index contributed by atoms with van der Waals surface area (Å²) in [6.45, 7) is 0.438. The van der Waals surface area contributed by atoms with E-state index in [0.29, 0.717) is 29.5 Å². The Morgan fingerprint density at radius 2 is 1.74 bits per heavy atom. The average molecular weight is 463 g/mol. The normalized spacial score (nSPS) is 14.6. The molecule has 1 heterocycles. The zero-order valence-electron chi connectivity index (χ0n) is 19.0. The van der Waals surface area contributed by atoms with Crippen LogP contribution in [0.3, 0.4) is 0 Å². The highest BCUT2D eigenvalue weighted by atomic mass is 16.5. The van der Waals surface area contributed by atoms with Crippen molar-refractivity contribution in [2.24, 2.45) is 0 Å². The van der Waals surface area contributed by atoms with Crippen LogP contribution in [0.4, 0.5) is 10.5 Å². The van der Waals surface area contributed by atoms with Gasteiger partial charge >= 0.3 is 12.0 Å². The van der Waals surface area contributed by atoms with E-state index in [4.69, 9.17) is 14.2 Å². The summed E-state index contributed by atoms with van der Waals surface area (Å²) in [4.78, 5) is 26.5. The van der Waals surface area contributed by atoms with Crippen LogP contribution in [0.5, 0.6) is 17.2 Å². The van der Waals surface area contributed by atoms with Crippen LogP contribution in [0.15, 0.2) is 66.7 Å². The number of carbonyl (C=O) groups excluding carboxylic acids is 1. The molecule has 8 heteroatoms. The lowest BCUT2D eigenvalue weighted by Gasteiger charge is -2.35. The number of carboxylic acid groups (broad SMARTS) is 1. The molecule has 3 aromatic rings. The largest absolute Gasteiger partial charge is 0.497 e. The van der Waals surface area contributed by atoms with Crippen LogP contribution in [0.25, 0.3) is 0 Å². The van der Waals surface area contributed by atoms with Crippen molar-refractivity contribution in [3.63, 3.8) is 0 Å². The fourth-order valence-electron chi connectivity index (χ4n) is 3.97. The zero-order valence-corrected chi connectivity index (χ0v) is 19.0. The van der Waals surface area contributed by atoms with E-state index in [0.717, 1.165) is 16.7 Å². The Balaban J connectivity index is 1.59. The number of carboxylic acids is 1. The minimum Gasteiger partial charge on any atom is -0.497 e. The number of nitrogens with zero attached hydrogens (tertiary/aromatic N) is 1. The predicted molar refractivity (Wildman–Crippen MR) is 126 cm³/mol. The number of aliphatic carboxylic acids is 1. The highest BCUT2D eigenvalue weighted by molar-refractivity contribution is 5.93. The van der Waals surface area contributed by atoms with Crippen molar-refractivity contribution >= 4 is 17.7 Å². The summed E-state index contributed by atoms with van der Waals surface area (Å²) in [5.41, 5.74) is 3.07. The maximum Gasteiger partial charge on any atom is 0.326 e. The Morgan fingerprint density at radius 3 is 2.38 bits per heavy atom. The number of benzene rings is 3. The molecule has 0 spiro atoms. The standard InChI is InChI=1S/C26H26N2O6/c1-32-20-11-9-19(10-12-20)27-26(31)28-15-18-8-13-23(33-2)24(21(18)14-22(28)25(29)30)34-16-17-6-4-3-5-7-17/h3-13,22H,14-16H2,1-2H3,(H,27,31)(H,29,30)/t22-/m0/s1. The van der Waals surface area contributed by atoms with Gasteiger partial charge in [-0.25, -0.2) is 9.59 Å². The Labute approximate surface area is 197 Å². The summed E-state index contributed by atoms with van der Waals surface area (Å²) in [6.07, 6.45) is 0.0992. The highest BCUT2D eigenvalue weighted by Crippen LogP contribution is 2.39. The summed E-state index contributed by atoms with van der Waals surface area (Å²) in [5, 5.41) is 12.7.